The maximum atomic E-state index is 13.0. The Kier molecular flexibility index (Phi) is 4.63. The van der Waals surface area contributed by atoms with Crippen molar-refractivity contribution in [2.24, 2.45) is 0 Å². The lowest BCUT2D eigenvalue weighted by Crippen LogP contribution is -2.13. The van der Waals surface area contributed by atoms with Crippen LogP contribution in [0, 0.1) is 12.7 Å². The van der Waals surface area contributed by atoms with Gasteiger partial charge >= 0.3 is 0 Å². The van der Waals surface area contributed by atoms with Crippen LogP contribution in [0.1, 0.15) is 5.56 Å². The number of rotatable bonds is 5. The molecule has 19 heavy (non-hydrogen) atoms. The highest BCUT2D eigenvalue weighted by Gasteiger charge is 1.99. The number of nitrogens with one attached hydrogen (secondary N) is 2. The van der Waals surface area contributed by atoms with Crippen LogP contribution >= 0.6 is 11.6 Å². The molecule has 0 saturated carbocycles. The first kappa shape index (κ1) is 13.7. The summed E-state index contributed by atoms with van der Waals surface area (Å²) >= 11 is 5.71. The van der Waals surface area contributed by atoms with E-state index in [2.05, 4.69) is 29.7 Å². The lowest BCUT2D eigenvalue weighted by atomic mass is 10.2. The van der Waals surface area contributed by atoms with Crippen molar-refractivity contribution in [2.45, 2.75) is 6.92 Å². The van der Waals surface area contributed by atoms with Crippen molar-refractivity contribution >= 4 is 23.0 Å². The third-order valence-corrected chi connectivity index (χ3v) is 3.04. The first-order valence-corrected chi connectivity index (χ1v) is 6.52. The Labute approximate surface area is 117 Å². The summed E-state index contributed by atoms with van der Waals surface area (Å²) < 4.78 is 13.0. The van der Waals surface area contributed by atoms with Gasteiger partial charge in [-0.3, -0.25) is 0 Å². The fourth-order valence-electron chi connectivity index (χ4n) is 1.69. The van der Waals surface area contributed by atoms with Gasteiger partial charge < -0.3 is 10.6 Å². The Balaban J connectivity index is 1.77. The normalized spacial score (nSPS) is 10.3. The van der Waals surface area contributed by atoms with Gasteiger partial charge in [-0.25, -0.2) is 4.39 Å². The Morgan fingerprint density at radius 1 is 0.947 bits per heavy atom. The van der Waals surface area contributed by atoms with Gasteiger partial charge in [-0.15, -0.1) is 0 Å². The monoisotopic (exact) mass is 278 g/mol. The zero-order valence-corrected chi connectivity index (χ0v) is 11.5. The first-order valence-electron chi connectivity index (χ1n) is 6.14. The molecule has 0 unspecified atom stereocenters. The molecule has 0 aromatic heterocycles. The summed E-state index contributed by atoms with van der Waals surface area (Å²) in [6, 6.07) is 12.8. The number of hydrogen-bond donors (Lipinski definition) is 2. The third kappa shape index (κ3) is 4.14. The average Bonchev–Trinajstić information content (AvgIpc) is 2.41. The van der Waals surface area contributed by atoms with Crippen LogP contribution in [0.25, 0.3) is 0 Å². The molecule has 2 nitrogen and oxygen atoms in total. The minimum Gasteiger partial charge on any atom is -0.383 e. The molecular weight excluding hydrogens is 263 g/mol. The molecule has 0 spiro atoms. The van der Waals surface area contributed by atoms with Gasteiger partial charge in [0.2, 0.25) is 0 Å². The van der Waals surface area contributed by atoms with Gasteiger partial charge in [0.15, 0.2) is 0 Å². The second-order valence-corrected chi connectivity index (χ2v) is 4.76. The van der Waals surface area contributed by atoms with E-state index < -0.39 is 5.82 Å². The van der Waals surface area contributed by atoms with E-state index in [1.54, 1.807) is 12.1 Å². The summed E-state index contributed by atoms with van der Waals surface area (Å²) in [5.41, 5.74) is 3.14. The fraction of sp³-hybridized carbons (Fsp3) is 0.200. The number of aryl methyl sites for hydroxylation is 1. The molecule has 0 fully saturated rings. The Bertz CT molecular complexity index is 540. The first-order chi connectivity index (χ1) is 9.15. The van der Waals surface area contributed by atoms with Crippen LogP contribution in [0.5, 0.6) is 0 Å². The van der Waals surface area contributed by atoms with Crippen molar-refractivity contribution in [3.05, 3.63) is 58.9 Å². The van der Waals surface area contributed by atoms with Gasteiger partial charge in [-0.1, -0.05) is 29.3 Å². The minimum atomic E-state index is -0.398. The maximum absolute atomic E-state index is 13.0. The van der Waals surface area contributed by atoms with Crippen molar-refractivity contribution in [3.8, 4) is 0 Å². The van der Waals surface area contributed by atoms with Crippen LogP contribution < -0.4 is 10.6 Å². The Morgan fingerprint density at radius 2 is 1.53 bits per heavy atom. The molecule has 2 N–H and O–H groups in total. The number of anilines is 2. The van der Waals surface area contributed by atoms with Crippen LogP contribution in [0.4, 0.5) is 15.8 Å². The molecule has 0 aliphatic carbocycles. The van der Waals surface area contributed by atoms with E-state index in [1.807, 2.05) is 12.1 Å². The number of hydrogen-bond acceptors (Lipinski definition) is 2. The van der Waals surface area contributed by atoms with E-state index in [0.29, 0.717) is 0 Å². The predicted octanol–water partition coefficient (Wildman–Crippen LogP) is 4.31. The van der Waals surface area contributed by atoms with Gasteiger partial charge in [-0.05, 0) is 37.3 Å². The molecule has 0 radical (unpaired) electrons. The zero-order chi connectivity index (χ0) is 13.7. The van der Waals surface area contributed by atoms with Crippen LogP contribution in [-0.4, -0.2) is 13.1 Å². The van der Waals surface area contributed by atoms with Crippen LogP contribution in [0.15, 0.2) is 42.5 Å². The maximum Gasteiger partial charge on any atom is 0.141 e. The summed E-state index contributed by atoms with van der Waals surface area (Å²) in [6.07, 6.45) is 0. The molecule has 0 aliphatic rings. The topological polar surface area (TPSA) is 24.1 Å². The van der Waals surface area contributed by atoms with Crippen molar-refractivity contribution in [2.75, 3.05) is 23.7 Å². The largest absolute Gasteiger partial charge is 0.383 e. The number of benzene rings is 2. The Morgan fingerprint density at radius 3 is 2.16 bits per heavy atom. The van der Waals surface area contributed by atoms with E-state index in [4.69, 9.17) is 11.6 Å². The molecule has 2 aromatic rings. The van der Waals surface area contributed by atoms with Crippen molar-refractivity contribution < 1.29 is 4.39 Å². The summed E-state index contributed by atoms with van der Waals surface area (Å²) in [4.78, 5) is 0. The van der Waals surface area contributed by atoms with Gasteiger partial charge in [0.25, 0.3) is 0 Å². The predicted molar refractivity (Wildman–Crippen MR) is 79.6 cm³/mol. The molecule has 2 rings (SSSR count). The quantitative estimate of drug-likeness (QED) is 0.796. The smallest absolute Gasteiger partial charge is 0.141 e. The molecule has 0 bridgehead atoms. The molecule has 0 atom stereocenters. The molecular formula is C15H16ClFN2. The highest BCUT2D eigenvalue weighted by molar-refractivity contribution is 6.31. The molecule has 100 valence electrons. The lowest BCUT2D eigenvalue weighted by Gasteiger charge is -2.09. The van der Waals surface area contributed by atoms with Gasteiger partial charge in [0.1, 0.15) is 5.82 Å². The van der Waals surface area contributed by atoms with E-state index in [9.17, 15) is 4.39 Å². The summed E-state index contributed by atoms with van der Waals surface area (Å²) in [5, 5.41) is 6.61. The molecule has 0 aliphatic heterocycles. The lowest BCUT2D eigenvalue weighted by molar-refractivity contribution is 0.628. The molecule has 0 amide bonds. The van der Waals surface area contributed by atoms with Gasteiger partial charge in [-0.2, -0.15) is 0 Å². The molecule has 0 saturated heterocycles. The SMILES string of the molecule is Cc1ccc(NCCNc2ccc(F)c(Cl)c2)cc1. The summed E-state index contributed by atoms with van der Waals surface area (Å²) in [5.74, 6) is -0.398. The van der Waals surface area contributed by atoms with E-state index in [1.165, 1.54) is 11.6 Å². The second kappa shape index (κ2) is 6.43. The highest BCUT2D eigenvalue weighted by atomic mass is 35.5. The molecule has 4 heteroatoms. The van der Waals surface area contributed by atoms with Crippen LogP contribution in [0.2, 0.25) is 5.02 Å². The molecule has 0 heterocycles. The minimum absolute atomic E-state index is 0.136. The van der Waals surface area contributed by atoms with E-state index >= 15 is 0 Å². The van der Waals surface area contributed by atoms with Gasteiger partial charge in [0, 0.05) is 24.5 Å². The average molecular weight is 279 g/mol. The van der Waals surface area contributed by atoms with Crippen molar-refractivity contribution in [3.63, 3.8) is 0 Å². The second-order valence-electron chi connectivity index (χ2n) is 4.35. The molecule has 2 aromatic carbocycles. The highest BCUT2D eigenvalue weighted by Crippen LogP contribution is 2.19. The fourth-order valence-corrected chi connectivity index (χ4v) is 1.87. The van der Waals surface area contributed by atoms with Crippen LogP contribution in [0.3, 0.4) is 0 Å². The van der Waals surface area contributed by atoms with E-state index in [-0.39, 0.29) is 5.02 Å². The van der Waals surface area contributed by atoms with Crippen LogP contribution in [-0.2, 0) is 0 Å². The zero-order valence-electron chi connectivity index (χ0n) is 10.7. The van der Waals surface area contributed by atoms with E-state index in [0.717, 1.165) is 24.5 Å². The third-order valence-electron chi connectivity index (χ3n) is 2.75. The number of halogens is 2. The summed E-state index contributed by atoms with van der Waals surface area (Å²) in [7, 11) is 0. The van der Waals surface area contributed by atoms with Crippen molar-refractivity contribution in [1.82, 2.24) is 0 Å². The Hall–Kier alpha value is -1.74. The van der Waals surface area contributed by atoms with Gasteiger partial charge in [0.05, 0.1) is 5.02 Å². The van der Waals surface area contributed by atoms with Crippen molar-refractivity contribution in [1.29, 1.82) is 0 Å². The summed E-state index contributed by atoms with van der Waals surface area (Å²) in [6.45, 7) is 3.57. The standard InChI is InChI=1S/C15H16ClFN2/c1-11-2-4-12(5-3-11)18-8-9-19-13-6-7-15(17)14(16)10-13/h2-7,10,18-19H,8-9H2,1H3.